The van der Waals surface area contributed by atoms with Gasteiger partial charge in [0.05, 0.1) is 0 Å². The highest BCUT2D eigenvalue weighted by molar-refractivity contribution is 5.66. The van der Waals surface area contributed by atoms with Crippen LogP contribution in [0.2, 0.25) is 0 Å². The van der Waals surface area contributed by atoms with Crippen LogP contribution in [-0.2, 0) is 4.79 Å². The molecule has 3 nitrogen and oxygen atoms in total. The van der Waals surface area contributed by atoms with E-state index < -0.39 is 5.97 Å². The lowest BCUT2D eigenvalue weighted by Gasteiger charge is -2.31. The van der Waals surface area contributed by atoms with Gasteiger partial charge in [-0.25, -0.2) is 0 Å². The van der Waals surface area contributed by atoms with Gasteiger partial charge in [-0.15, -0.1) is 0 Å². The van der Waals surface area contributed by atoms with Crippen molar-refractivity contribution in [2.45, 2.75) is 63.9 Å². The molecule has 0 aromatic heterocycles. The minimum atomic E-state index is -0.672. The number of carbonyl (C=O) groups is 1. The molecule has 3 rings (SSSR count). The monoisotopic (exact) mass is 316 g/mol. The molecule has 2 aliphatic carbocycles. The van der Waals surface area contributed by atoms with Crippen molar-refractivity contribution < 1.29 is 14.6 Å². The Morgan fingerprint density at radius 1 is 1.04 bits per heavy atom. The molecule has 2 bridgehead atoms. The molecule has 4 unspecified atom stereocenters. The molecule has 0 radical (unpaired) electrons. The molecule has 0 heterocycles. The number of aliphatic carboxylic acids is 1. The van der Waals surface area contributed by atoms with E-state index in [9.17, 15) is 4.79 Å². The number of fused-ring (bicyclic) bond motifs is 2. The smallest absolute Gasteiger partial charge is 0.303 e. The van der Waals surface area contributed by atoms with E-state index in [0.717, 1.165) is 36.8 Å². The molecule has 2 aliphatic rings. The normalized spacial score (nSPS) is 28.9. The number of hydrogen-bond acceptors (Lipinski definition) is 2. The summed E-state index contributed by atoms with van der Waals surface area (Å²) in [5, 5.41) is 8.67. The summed E-state index contributed by atoms with van der Waals surface area (Å²) in [6.45, 7) is 0. The van der Waals surface area contributed by atoms with Crippen LogP contribution in [0.15, 0.2) is 30.3 Å². The van der Waals surface area contributed by atoms with Crippen molar-refractivity contribution in [3.63, 3.8) is 0 Å². The van der Waals surface area contributed by atoms with E-state index in [0.29, 0.717) is 18.4 Å². The Morgan fingerprint density at radius 3 is 2.57 bits per heavy atom. The summed E-state index contributed by atoms with van der Waals surface area (Å²) < 4.78 is 6.35. The Kier molecular flexibility index (Phi) is 5.58. The summed E-state index contributed by atoms with van der Waals surface area (Å²) in [4.78, 5) is 10.5. The fourth-order valence-electron chi connectivity index (χ4n) is 4.61. The fourth-order valence-corrected chi connectivity index (χ4v) is 4.61. The summed E-state index contributed by atoms with van der Waals surface area (Å²) in [5.41, 5.74) is 0. The largest absolute Gasteiger partial charge is 0.490 e. The van der Waals surface area contributed by atoms with Crippen LogP contribution >= 0.6 is 0 Å². The van der Waals surface area contributed by atoms with Crippen molar-refractivity contribution in [2.75, 3.05) is 0 Å². The maximum atomic E-state index is 10.5. The second kappa shape index (κ2) is 7.85. The van der Waals surface area contributed by atoms with Crippen molar-refractivity contribution in [1.29, 1.82) is 0 Å². The molecule has 0 amide bonds. The van der Waals surface area contributed by atoms with E-state index in [1.54, 1.807) is 0 Å². The quantitative estimate of drug-likeness (QED) is 0.659. The van der Waals surface area contributed by atoms with Crippen LogP contribution < -0.4 is 4.74 Å². The number of benzene rings is 1. The van der Waals surface area contributed by atoms with Crippen molar-refractivity contribution in [3.05, 3.63) is 30.3 Å². The number of rotatable bonds is 9. The van der Waals surface area contributed by atoms with Crippen LogP contribution in [-0.4, -0.2) is 17.2 Å². The summed E-state index contributed by atoms with van der Waals surface area (Å²) in [5.74, 6) is 2.64. The van der Waals surface area contributed by atoms with Crippen LogP contribution in [0.1, 0.15) is 57.8 Å². The van der Waals surface area contributed by atoms with Crippen LogP contribution in [0.3, 0.4) is 0 Å². The summed E-state index contributed by atoms with van der Waals surface area (Å²) in [6.07, 6.45) is 10.2. The minimum Gasteiger partial charge on any atom is -0.490 e. The van der Waals surface area contributed by atoms with E-state index in [1.807, 2.05) is 18.2 Å². The number of ether oxygens (including phenoxy) is 1. The third kappa shape index (κ3) is 4.27. The molecule has 1 N–H and O–H groups in total. The van der Waals surface area contributed by atoms with Gasteiger partial charge < -0.3 is 9.84 Å². The molecular weight excluding hydrogens is 288 g/mol. The Bertz CT molecular complexity index is 499. The zero-order valence-electron chi connectivity index (χ0n) is 13.8. The van der Waals surface area contributed by atoms with Crippen molar-refractivity contribution in [3.8, 4) is 5.75 Å². The van der Waals surface area contributed by atoms with E-state index in [2.05, 4.69) is 12.1 Å². The molecule has 1 aromatic rings. The second-order valence-corrected chi connectivity index (χ2v) is 7.24. The second-order valence-electron chi connectivity index (χ2n) is 7.24. The fraction of sp³-hybridized carbons (Fsp3) is 0.650. The Labute approximate surface area is 139 Å². The third-order valence-corrected chi connectivity index (χ3v) is 5.70. The van der Waals surface area contributed by atoms with Gasteiger partial charge in [-0.1, -0.05) is 37.5 Å². The lowest BCUT2D eigenvalue weighted by molar-refractivity contribution is -0.137. The average Bonchev–Trinajstić information content (AvgIpc) is 3.14. The highest BCUT2D eigenvalue weighted by Gasteiger charge is 2.48. The number of para-hydroxylation sites is 1. The molecule has 2 fully saturated rings. The lowest BCUT2D eigenvalue weighted by atomic mass is 9.82. The van der Waals surface area contributed by atoms with Crippen molar-refractivity contribution >= 4 is 5.97 Å². The highest BCUT2D eigenvalue weighted by atomic mass is 16.5. The Hall–Kier alpha value is -1.51. The maximum absolute atomic E-state index is 10.5. The molecule has 3 heteroatoms. The number of carboxylic acid groups (broad SMARTS) is 1. The first-order valence-corrected chi connectivity index (χ1v) is 9.17. The van der Waals surface area contributed by atoms with Crippen LogP contribution in [0.25, 0.3) is 0 Å². The van der Waals surface area contributed by atoms with Gasteiger partial charge in [0.15, 0.2) is 0 Å². The predicted molar refractivity (Wildman–Crippen MR) is 90.5 cm³/mol. The number of hydrogen-bond donors (Lipinski definition) is 1. The molecule has 0 saturated heterocycles. The average molecular weight is 316 g/mol. The van der Waals surface area contributed by atoms with Crippen LogP contribution in [0.4, 0.5) is 0 Å². The van der Waals surface area contributed by atoms with E-state index in [-0.39, 0.29) is 0 Å². The van der Waals surface area contributed by atoms with Gasteiger partial charge in [-0.2, -0.15) is 0 Å². The zero-order valence-corrected chi connectivity index (χ0v) is 13.8. The van der Waals surface area contributed by atoms with Gasteiger partial charge in [-0.3, -0.25) is 4.79 Å². The minimum absolute atomic E-state index is 0.313. The van der Waals surface area contributed by atoms with Gasteiger partial charge in [0.1, 0.15) is 11.9 Å². The van der Waals surface area contributed by atoms with Gasteiger partial charge >= 0.3 is 5.97 Å². The SMILES string of the molecule is O=C(O)CCCCCCC1C2CCC(C2)C1Oc1ccccc1. The zero-order chi connectivity index (χ0) is 16.1. The Morgan fingerprint density at radius 2 is 1.78 bits per heavy atom. The first-order valence-electron chi connectivity index (χ1n) is 9.17. The molecule has 0 spiro atoms. The highest BCUT2D eigenvalue weighted by Crippen LogP contribution is 2.51. The molecule has 2 saturated carbocycles. The van der Waals surface area contributed by atoms with Gasteiger partial charge in [0, 0.05) is 6.42 Å². The third-order valence-electron chi connectivity index (χ3n) is 5.70. The molecular formula is C20H28O3. The van der Waals surface area contributed by atoms with Gasteiger partial charge in [0.2, 0.25) is 0 Å². The maximum Gasteiger partial charge on any atom is 0.303 e. The first-order chi connectivity index (χ1) is 11.2. The summed E-state index contributed by atoms with van der Waals surface area (Å²) in [6, 6.07) is 10.2. The lowest BCUT2D eigenvalue weighted by Crippen LogP contribution is -2.33. The van der Waals surface area contributed by atoms with E-state index in [1.165, 1.54) is 32.1 Å². The van der Waals surface area contributed by atoms with E-state index >= 15 is 0 Å². The standard InChI is InChI=1S/C20H28O3/c21-19(22)11-7-2-1-6-10-18-15-12-13-16(14-15)20(18)23-17-8-4-3-5-9-17/h3-5,8-9,15-16,18,20H,1-2,6-7,10-14H2,(H,21,22). The summed E-state index contributed by atoms with van der Waals surface area (Å²) >= 11 is 0. The summed E-state index contributed by atoms with van der Waals surface area (Å²) in [7, 11) is 0. The topological polar surface area (TPSA) is 46.5 Å². The van der Waals surface area contributed by atoms with Gasteiger partial charge in [0.25, 0.3) is 0 Å². The molecule has 23 heavy (non-hydrogen) atoms. The first kappa shape index (κ1) is 16.4. The van der Waals surface area contributed by atoms with Crippen LogP contribution in [0.5, 0.6) is 5.75 Å². The predicted octanol–water partition coefficient (Wildman–Crippen LogP) is 4.91. The molecule has 126 valence electrons. The number of unbranched alkanes of at least 4 members (excludes halogenated alkanes) is 3. The molecule has 1 aromatic carbocycles. The van der Waals surface area contributed by atoms with Gasteiger partial charge in [-0.05, 0) is 62.0 Å². The van der Waals surface area contributed by atoms with Crippen molar-refractivity contribution in [2.24, 2.45) is 17.8 Å². The number of carboxylic acids is 1. The molecule has 4 atom stereocenters. The van der Waals surface area contributed by atoms with Crippen LogP contribution in [0, 0.1) is 17.8 Å². The van der Waals surface area contributed by atoms with Crippen molar-refractivity contribution in [1.82, 2.24) is 0 Å². The molecule has 0 aliphatic heterocycles. The Balaban J connectivity index is 1.46. The van der Waals surface area contributed by atoms with E-state index in [4.69, 9.17) is 9.84 Å².